The molecule has 1 heterocycles. The van der Waals surface area contributed by atoms with Crippen LogP contribution in [-0.2, 0) is 6.54 Å². The average Bonchev–Trinajstić information content (AvgIpc) is 2.28. The molecule has 0 fully saturated rings. The maximum absolute atomic E-state index is 5.89. The molecule has 0 saturated heterocycles. The number of hydrogen-bond donors (Lipinski definition) is 2. The van der Waals surface area contributed by atoms with Crippen LogP contribution in [0.25, 0.3) is 0 Å². The van der Waals surface area contributed by atoms with E-state index in [-0.39, 0.29) is 0 Å². The Morgan fingerprint density at radius 1 is 1.25 bits per heavy atom. The number of anilines is 2. The minimum absolute atomic E-state index is 0.643. The van der Waals surface area contributed by atoms with Gasteiger partial charge in [0.2, 0.25) is 0 Å². The summed E-state index contributed by atoms with van der Waals surface area (Å²) in [7, 11) is 0. The topological polar surface area (TPSA) is 50.9 Å². The molecule has 0 aliphatic rings. The van der Waals surface area contributed by atoms with E-state index in [0.29, 0.717) is 18.1 Å². The van der Waals surface area contributed by atoms with Crippen LogP contribution in [0.1, 0.15) is 5.56 Å². The van der Waals surface area contributed by atoms with Gasteiger partial charge in [0.15, 0.2) is 0 Å². The molecule has 0 aliphatic carbocycles. The first-order chi connectivity index (χ1) is 7.75. The van der Waals surface area contributed by atoms with Gasteiger partial charge in [-0.3, -0.25) is 0 Å². The van der Waals surface area contributed by atoms with Crippen molar-refractivity contribution in [2.75, 3.05) is 11.1 Å². The number of pyridine rings is 1. The Balaban J connectivity index is 2.05. The number of nitrogen functional groups attached to an aromatic ring is 1. The summed E-state index contributed by atoms with van der Waals surface area (Å²) in [5.41, 5.74) is 7.50. The molecule has 1 aromatic heterocycles. The molecule has 0 spiro atoms. The van der Waals surface area contributed by atoms with E-state index in [9.17, 15) is 0 Å². The Bertz CT molecular complexity index is 485. The van der Waals surface area contributed by atoms with Crippen LogP contribution < -0.4 is 11.1 Å². The van der Waals surface area contributed by atoms with Crippen LogP contribution >= 0.6 is 11.6 Å². The van der Waals surface area contributed by atoms with Crippen molar-refractivity contribution in [3.8, 4) is 0 Å². The lowest BCUT2D eigenvalue weighted by Crippen LogP contribution is -2.03. The van der Waals surface area contributed by atoms with Crippen LogP contribution in [0, 0.1) is 0 Å². The van der Waals surface area contributed by atoms with Gasteiger partial charge >= 0.3 is 0 Å². The molecule has 0 unspecified atom stereocenters. The molecule has 4 heteroatoms. The molecule has 0 atom stereocenters. The molecule has 1 aromatic carbocycles. The molecule has 3 nitrogen and oxygen atoms in total. The van der Waals surface area contributed by atoms with Crippen LogP contribution in [0.15, 0.2) is 42.6 Å². The summed E-state index contributed by atoms with van der Waals surface area (Å²) in [5.74, 6) is 0.697. The van der Waals surface area contributed by atoms with E-state index in [0.717, 1.165) is 10.6 Å². The Hall–Kier alpha value is -1.74. The first-order valence-corrected chi connectivity index (χ1v) is 5.32. The number of rotatable bonds is 3. The van der Waals surface area contributed by atoms with E-state index in [2.05, 4.69) is 10.3 Å². The zero-order chi connectivity index (χ0) is 11.4. The molecule has 2 aromatic rings. The molecule has 16 heavy (non-hydrogen) atoms. The molecule has 0 aliphatic heterocycles. The van der Waals surface area contributed by atoms with Crippen molar-refractivity contribution in [1.82, 2.24) is 4.98 Å². The highest BCUT2D eigenvalue weighted by atomic mass is 35.5. The highest BCUT2D eigenvalue weighted by Crippen LogP contribution is 2.16. The van der Waals surface area contributed by atoms with Crippen molar-refractivity contribution < 1.29 is 0 Å². The Morgan fingerprint density at radius 2 is 2.12 bits per heavy atom. The summed E-state index contributed by atoms with van der Waals surface area (Å²) in [6.07, 6.45) is 1.71. The highest BCUT2D eigenvalue weighted by molar-refractivity contribution is 6.30. The average molecular weight is 234 g/mol. The second kappa shape index (κ2) is 4.86. The van der Waals surface area contributed by atoms with Gasteiger partial charge in [0.1, 0.15) is 5.82 Å². The van der Waals surface area contributed by atoms with Crippen LogP contribution in [0.5, 0.6) is 0 Å². The summed E-state index contributed by atoms with van der Waals surface area (Å²) in [4.78, 5) is 4.15. The van der Waals surface area contributed by atoms with Crippen molar-refractivity contribution in [3.05, 3.63) is 53.2 Å². The highest BCUT2D eigenvalue weighted by Gasteiger charge is 1.99. The first kappa shape index (κ1) is 10.8. The quantitative estimate of drug-likeness (QED) is 0.857. The normalized spacial score (nSPS) is 10.1. The number of aromatic nitrogens is 1. The van der Waals surface area contributed by atoms with Gasteiger partial charge in [0, 0.05) is 17.8 Å². The minimum Gasteiger partial charge on any atom is -0.396 e. The number of hydrogen-bond acceptors (Lipinski definition) is 3. The fraction of sp³-hybridized carbons (Fsp3) is 0.0833. The van der Waals surface area contributed by atoms with E-state index >= 15 is 0 Å². The lowest BCUT2D eigenvalue weighted by molar-refractivity contribution is 1.11. The monoisotopic (exact) mass is 233 g/mol. The van der Waals surface area contributed by atoms with Gasteiger partial charge in [-0.15, -0.1) is 0 Å². The number of benzene rings is 1. The van der Waals surface area contributed by atoms with Crippen LogP contribution in [0.4, 0.5) is 11.5 Å². The predicted octanol–water partition coefficient (Wildman–Crippen LogP) is 2.93. The lowest BCUT2D eigenvalue weighted by atomic mass is 10.2. The molecular formula is C12H12ClN3. The summed E-state index contributed by atoms with van der Waals surface area (Å²) in [5, 5.41) is 3.89. The first-order valence-electron chi connectivity index (χ1n) is 4.94. The second-order valence-electron chi connectivity index (χ2n) is 3.42. The Morgan fingerprint density at radius 3 is 2.88 bits per heavy atom. The summed E-state index contributed by atoms with van der Waals surface area (Å²) >= 11 is 5.89. The standard InChI is InChI=1S/C12H12ClN3/c13-10-4-1-3-9(7-10)8-16-12-11(14)5-2-6-15-12/h1-7H,8,14H2,(H,15,16). The van der Waals surface area contributed by atoms with Crippen molar-refractivity contribution in [3.63, 3.8) is 0 Å². The second-order valence-corrected chi connectivity index (χ2v) is 3.86. The third-order valence-electron chi connectivity index (χ3n) is 2.19. The predicted molar refractivity (Wildman–Crippen MR) is 67.4 cm³/mol. The number of nitrogens with two attached hydrogens (primary N) is 1. The Labute approximate surface area is 99.3 Å². The van der Waals surface area contributed by atoms with Crippen molar-refractivity contribution >= 4 is 23.1 Å². The smallest absolute Gasteiger partial charge is 0.149 e. The fourth-order valence-corrected chi connectivity index (χ4v) is 1.61. The van der Waals surface area contributed by atoms with E-state index in [4.69, 9.17) is 17.3 Å². The van der Waals surface area contributed by atoms with Crippen LogP contribution in [0.3, 0.4) is 0 Å². The molecule has 0 saturated carbocycles. The van der Waals surface area contributed by atoms with E-state index in [1.54, 1.807) is 12.3 Å². The van der Waals surface area contributed by atoms with Crippen LogP contribution in [-0.4, -0.2) is 4.98 Å². The summed E-state index contributed by atoms with van der Waals surface area (Å²) in [6.45, 7) is 0.655. The molecular weight excluding hydrogens is 222 g/mol. The molecule has 0 radical (unpaired) electrons. The van der Waals surface area contributed by atoms with E-state index in [1.165, 1.54) is 0 Å². The van der Waals surface area contributed by atoms with E-state index < -0.39 is 0 Å². The van der Waals surface area contributed by atoms with Gasteiger partial charge in [-0.05, 0) is 29.8 Å². The zero-order valence-corrected chi connectivity index (χ0v) is 9.41. The van der Waals surface area contributed by atoms with E-state index in [1.807, 2.05) is 30.3 Å². The van der Waals surface area contributed by atoms with Gasteiger partial charge in [0.05, 0.1) is 5.69 Å². The fourth-order valence-electron chi connectivity index (χ4n) is 1.40. The van der Waals surface area contributed by atoms with Crippen LogP contribution in [0.2, 0.25) is 5.02 Å². The zero-order valence-electron chi connectivity index (χ0n) is 8.65. The maximum atomic E-state index is 5.89. The number of nitrogens with zero attached hydrogens (tertiary/aromatic N) is 1. The van der Waals surface area contributed by atoms with Crippen molar-refractivity contribution in [1.29, 1.82) is 0 Å². The van der Waals surface area contributed by atoms with Crippen molar-refractivity contribution in [2.24, 2.45) is 0 Å². The molecule has 2 rings (SSSR count). The van der Waals surface area contributed by atoms with Gasteiger partial charge in [-0.25, -0.2) is 4.98 Å². The Kier molecular flexibility index (Phi) is 3.27. The maximum Gasteiger partial charge on any atom is 0.149 e. The third-order valence-corrected chi connectivity index (χ3v) is 2.42. The molecule has 0 amide bonds. The lowest BCUT2D eigenvalue weighted by Gasteiger charge is -2.07. The molecule has 3 N–H and O–H groups in total. The van der Waals surface area contributed by atoms with Gasteiger partial charge in [-0.2, -0.15) is 0 Å². The summed E-state index contributed by atoms with van der Waals surface area (Å²) < 4.78 is 0. The summed E-state index contributed by atoms with van der Waals surface area (Å²) in [6, 6.07) is 11.3. The SMILES string of the molecule is Nc1cccnc1NCc1cccc(Cl)c1. The minimum atomic E-state index is 0.643. The number of nitrogens with one attached hydrogen (secondary N) is 1. The van der Waals surface area contributed by atoms with Gasteiger partial charge in [-0.1, -0.05) is 23.7 Å². The molecule has 0 bridgehead atoms. The van der Waals surface area contributed by atoms with Crippen molar-refractivity contribution in [2.45, 2.75) is 6.54 Å². The number of halogens is 1. The van der Waals surface area contributed by atoms with Gasteiger partial charge < -0.3 is 11.1 Å². The van der Waals surface area contributed by atoms with Gasteiger partial charge in [0.25, 0.3) is 0 Å². The molecule has 82 valence electrons. The largest absolute Gasteiger partial charge is 0.396 e. The third kappa shape index (κ3) is 2.64.